The Hall–Kier alpha value is -0.700. The van der Waals surface area contributed by atoms with Crippen LogP contribution in [-0.2, 0) is 9.59 Å². The van der Waals surface area contributed by atoms with E-state index in [1.165, 1.54) is 0 Å². The molecule has 14 heavy (non-hydrogen) atoms. The van der Waals surface area contributed by atoms with Gasteiger partial charge in [0.25, 0.3) is 0 Å². The first-order valence-corrected chi connectivity index (χ1v) is 5.39. The predicted molar refractivity (Wildman–Crippen MR) is 52.9 cm³/mol. The zero-order valence-corrected chi connectivity index (χ0v) is 8.64. The SMILES string of the molecule is CC1C(=O)CC2(CCNCC2)CC1=O. The number of carbonyl (C=O) groups is 2. The molecule has 0 atom stereocenters. The van der Waals surface area contributed by atoms with Gasteiger partial charge in [-0.15, -0.1) is 0 Å². The molecule has 78 valence electrons. The minimum atomic E-state index is -0.337. The van der Waals surface area contributed by atoms with Crippen LogP contribution in [-0.4, -0.2) is 24.7 Å². The fourth-order valence-corrected chi connectivity index (χ4v) is 2.60. The molecule has 0 amide bonds. The largest absolute Gasteiger partial charge is 0.317 e. The van der Waals surface area contributed by atoms with Crippen molar-refractivity contribution in [2.24, 2.45) is 11.3 Å². The quantitative estimate of drug-likeness (QED) is 0.585. The van der Waals surface area contributed by atoms with Gasteiger partial charge in [0.15, 0.2) is 0 Å². The molecule has 0 unspecified atom stereocenters. The van der Waals surface area contributed by atoms with Gasteiger partial charge >= 0.3 is 0 Å². The van der Waals surface area contributed by atoms with E-state index < -0.39 is 0 Å². The molecule has 0 aromatic carbocycles. The van der Waals surface area contributed by atoms with Crippen molar-refractivity contribution in [2.75, 3.05) is 13.1 Å². The van der Waals surface area contributed by atoms with Gasteiger partial charge in [0, 0.05) is 12.8 Å². The standard InChI is InChI=1S/C11H17NO2/c1-8-9(13)6-11(7-10(8)14)2-4-12-5-3-11/h8,12H,2-7H2,1H3. The smallest absolute Gasteiger partial charge is 0.143 e. The summed E-state index contributed by atoms with van der Waals surface area (Å²) in [6, 6.07) is 0. The summed E-state index contributed by atoms with van der Waals surface area (Å²) in [5.41, 5.74) is 0.0198. The molecule has 2 rings (SSSR count). The van der Waals surface area contributed by atoms with Crippen LogP contribution < -0.4 is 5.32 Å². The highest BCUT2D eigenvalue weighted by Gasteiger charge is 2.43. The number of nitrogens with one attached hydrogen (secondary N) is 1. The lowest BCUT2D eigenvalue weighted by atomic mass is 9.65. The number of Topliss-reactive ketones (excluding diaryl/α,β-unsaturated/α-hetero) is 2. The minimum Gasteiger partial charge on any atom is -0.317 e. The summed E-state index contributed by atoms with van der Waals surface area (Å²) < 4.78 is 0. The molecule has 1 N–H and O–H groups in total. The second kappa shape index (κ2) is 3.46. The number of ketones is 2. The van der Waals surface area contributed by atoms with Gasteiger partial charge in [-0.05, 0) is 38.3 Å². The van der Waals surface area contributed by atoms with E-state index in [0.717, 1.165) is 25.9 Å². The molecule has 1 heterocycles. The van der Waals surface area contributed by atoms with Crippen LogP contribution in [0.15, 0.2) is 0 Å². The van der Waals surface area contributed by atoms with E-state index in [1.54, 1.807) is 6.92 Å². The van der Waals surface area contributed by atoms with Crippen LogP contribution in [0, 0.1) is 11.3 Å². The van der Waals surface area contributed by atoms with Crippen LogP contribution in [0.25, 0.3) is 0 Å². The van der Waals surface area contributed by atoms with Gasteiger partial charge in [0.05, 0.1) is 5.92 Å². The molecule has 1 saturated carbocycles. The van der Waals surface area contributed by atoms with Crippen molar-refractivity contribution in [1.82, 2.24) is 5.32 Å². The second-order valence-corrected chi connectivity index (χ2v) is 4.76. The Morgan fingerprint density at radius 2 is 1.64 bits per heavy atom. The molecule has 3 heteroatoms. The highest BCUT2D eigenvalue weighted by molar-refractivity contribution is 6.04. The molecule has 0 radical (unpaired) electrons. The maximum absolute atomic E-state index is 11.6. The number of rotatable bonds is 0. The van der Waals surface area contributed by atoms with Crippen molar-refractivity contribution in [3.05, 3.63) is 0 Å². The molecule has 2 aliphatic rings. The normalized spacial score (nSPS) is 28.4. The maximum atomic E-state index is 11.6. The third kappa shape index (κ3) is 1.61. The molecule has 0 aromatic rings. The summed E-state index contributed by atoms with van der Waals surface area (Å²) in [6.07, 6.45) is 3.22. The Morgan fingerprint density at radius 1 is 1.14 bits per heavy atom. The monoisotopic (exact) mass is 195 g/mol. The number of hydrogen-bond acceptors (Lipinski definition) is 3. The zero-order valence-electron chi connectivity index (χ0n) is 8.64. The first-order chi connectivity index (χ1) is 6.63. The first kappa shape index (κ1) is 9.84. The topological polar surface area (TPSA) is 46.2 Å². The lowest BCUT2D eigenvalue weighted by molar-refractivity contribution is -0.140. The first-order valence-electron chi connectivity index (χ1n) is 5.39. The average Bonchev–Trinajstić information content (AvgIpc) is 2.15. The minimum absolute atomic E-state index is 0.0198. The van der Waals surface area contributed by atoms with E-state index in [4.69, 9.17) is 0 Å². The van der Waals surface area contributed by atoms with E-state index in [-0.39, 0.29) is 22.9 Å². The van der Waals surface area contributed by atoms with Crippen molar-refractivity contribution < 1.29 is 9.59 Å². The summed E-state index contributed by atoms with van der Waals surface area (Å²) in [6.45, 7) is 3.66. The Kier molecular flexibility index (Phi) is 2.43. The fraction of sp³-hybridized carbons (Fsp3) is 0.818. The molecular formula is C11H17NO2. The van der Waals surface area contributed by atoms with Gasteiger partial charge < -0.3 is 5.32 Å². The molecule has 3 nitrogen and oxygen atoms in total. The van der Waals surface area contributed by atoms with E-state index >= 15 is 0 Å². The maximum Gasteiger partial charge on any atom is 0.143 e. The van der Waals surface area contributed by atoms with Crippen LogP contribution in [0.3, 0.4) is 0 Å². The number of carbonyl (C=O) groups excluding carboxylic acids is 2. The molecule has 0 aromatic heterocycles. The van der Waals surface area contributed by atoms with E-state index in [9.17, 15) is 9.59 Å². The van der Waals surface area contributed by atoms with Crippen molar-refractivity contribution >= 4 is 11.6 Å². The highest BCUT2D eigenvalue weighted by Crippen LogP contribution is 2.41. The Labute approximate surface area is 84.2 Å². The zero-order chi connectivity index (χ0) is 10.2. The van der Waals surface area contributed by atoms with Crippen molar-refractivity contribution in [3.63, 3.8) is 0 Å². The molecule has 1 saturated heterocycles. The molecule has 0 bridgehead atoms. The van der Waals surface area contributed by atoms with Gasteiger partial charge in [0.1, 0.15) is 11.6 Å². The number of piperidine rings is 1. The summed E-state index contributed by atoms with van der Waals surface area (Å²) in [4.78, 5) is 23.3. The summed E-state index contributed by atoms with van der Waals surface area (Å²) >= 11 is 0. The molecule has 1 spiro atoms. The van der Waals surface area contributed by atoms with E-state index in [1.807, 2.05) is 0 Å². The van der Waals surface area contributed by atoms with Gasteiger partial charge in [-0.25, -0.2) is 0 Å². The van der Waals surface area contributed by atoms with Gasteiger partial charge in [-0.3, -0.25) is 9.59 Å². The van der Waals surface area contributed by atoms with Crippen LogP contribution in [0.1, 0.15) is 32.6 Å². The fourth-order valence-electron chi connectivity index (χ4n) is 2.60. The number of hydrogen-bond donors (Lipinski definition) is 1. The van der Waals surface area contributed by atoms with Crippen LogP contribution >= 0.6 is 0 Å². The Morgan fingerprint density at radius 3 is 2.14 bits per heavy atom. The lowest BCUT2D eigenvalue weighted by Gasteiger charge is -2.40. The Bertz CT molecular complexity index is 246. The third-order valence-electron chi connectivity index (χ3n) is 3.73. The predicted octanol–water partition coefficient (Wildman–Crippen LogP) is 0.924. The molecule has 1 aliphatic carbocycles. The molecular weight excluding hydrogens is 178 g/mol. The lowest BCUT2D eigenvalue weighted by Crippen LogP contribution is -2.45. The summed E-state index contributed by atoms with van der Waals surface area (Å²) in [7, 11) is 0. The van der Waals surface area contributed by atoms with Gasteiger partial charge in [-0.1, -0.05) is 0 Å². The molecule has 1 aliphatic heterocycles. The highest BCUT2D eigenvalue weighted by atomic mass is 16.2. The van der Waals surface area contributed by atoms with Crippen LogP contribution in [0.2, 0.25) is 0 Å². The third-order valence-corrected chi connectivity index (χ3v) is 3.73. The Balaban J connectivity index is 2.14. The van der Waals surface area contributed by atoms with Gasteiger partial charge in [-0.2, -0.15) is 0 Å². The van der Waals surface area contributed by atoms with Crippen molar-refractivity contribution in [3.8, 4) is 0 Å². The van der Waals surface area contributed by atoms with E-state index in [2.05, 4.69) is 5.32 Å². The van der Waals surface area contributed by atoms with Gasteiger partial charge in [0.2, 0.25) is 0 Å². The van der Waals surface area contributed by atoms with E-state index in [0.29, 0.717) is 12.8 Å². The summed E-state index contributed by atoms with van der Waals surface area (Å²) in [5.74, 6) is -0.0261. The van der Waals surface area contributed by atoms with Crippen LogP contribution in [0.5, 0.6) is 0 Å². The average molecular weight is 195 g/mol. The molecule has 2 fully saturated rings. The van der Waals surface area contributed by atoms with Crippen molar-refractivity contribution in [1.29, 1.82) is 0 Å². The summed E-state index contributed by atoms with van der Waals surface area (Å²) in [5, 5.41) is 3.27. The van der Waals surface area contributed by atoms with Crippen molar-refractivity contribution in [2.45, 2.75) is 32.6 Å². The second-order valence-electron chi connectivity index (χ2n) is 4.76. The van der Waals surface area contributed by atoms with Crippen LogP contribution in [0.4, 0.5) is 0 Å².